The van der Waals surface area contributed by atoms with E-state index in [0.717, 1.165) is 79.9 Å². The number of aromatic nitrogens is 12. The van der Waals surface area contributed by atoms with Gasteiger partial charge in [-0.3, -0.25) is 59.6 Å². The van der Waals surface area contributed by atoms with Crippen LogP contribution in [0.2, 0.25) is 15.1 Å². The molecular weight excluding hydrogens is 1580 g/mol. The van der Waals surface area contributed by atoms with Gasteiger partial charge in [-0.05, 0) is 137 Å². The van der Waals surface area contributed by atoms with Gasteiger partial charge in [0.25, 0.3) is 23.6 Å². The van der Waals surface area contributed by atoms with E-state index >= 15 is 0 Å². The fraction of sp³-hybridized carbons (Fsp3) is 0.210. The number of anilines is 12. The number of nitrogens with zero attached hydrogens (tertiary/aromatic N) is 12. The molecule has 0 spiro atoms. The van der Waals surface area contributed by atoms with Crippen molar-refractivity contribution in [3.63, 3.8) is 0 Å². The Labute approximate surface area is 682 Å². The molecule has 12 aromatic rings. The molecule has 118 heavy (non-hydrogen) atoms. The first-order valence-corrected chi connectivity index (χ1v) is 38.8. The molecular formula is C81H69Cl3F2N24O8. The third-order valence-corrected chi connectivity index (χ3v) is 20.7. The number of benzene rings is 4. The first kappa shape index (κ1) is 76.6. The number of imide groups is 4. The van der Waals surface area contributed by atoms with E-state index in [-0.39, 0.29) is 72.0 Å². The molecule has 4 aliphatic heterocycles. The number of hydrogen-bond donors (Lipinski definition) is 12. The molecule has 8 aliphatic rings. The van der Waals surface area contributed by atoms with Gasteiger partial charge in [-0.1, -0.05) is 71.2 Å². The van der Waals surface area contributed by atoms with Crippen LogP contribution in [0, 0.1) is 18.6 Å². The topological polar surface area (TPSA) is 402 Å². The quantitative estimate of drug-likeness (QED) is 0.0249. The monoisotopic (exact) mass is 1650 g/mol. The van der Waals surface area contributed by atoms with Crippen molar-refractivity contribution in [1.29, 1.82) is 0 Å². The molecule has 4 saturated heterocycles. The van der Waals surface area contributed by atoms with E-state index in [1.807, 2.05) is 55.5 Å². The lowest BCUT2D eigenvalue weighted by Crippen LogP contribution is -2.19. The zero-order valence-corrected chi connectivity index (χ0v) is 64.6. The van der Waals surface area contributed by atoms with Crippen molar-refractivity contribution in [2.75, 3.05) is 42.5 Å². The van der Waals surface area contributed by atoms with E-state index in [2.05, 4.69) is 99.1 Å². The first-order chi connectivity index (χ1) is 57.1. The average molecular weight is 1650 g/mol. The molecule has 0 atom stereocenters. The molecule has 8 aromatic heterocycles. The second-order valence-electron chi connectivity index (χ2n) is 29.0. The Hall–Kier alpha value is -14.0. The van der Waals surface area contributed by atoms with Crippen LogP contribution < -0.4 is 63.8 Å². The van der Waals surface area contributed by atoms with Gasteiger partial charge < -0.3 is 42.5 Å². The van der Waals surface area contributed by atoms with Gasteiger partial charge >= 0.3 is 0 Å². The van der Waals surface area contributed by atoms with Crippen molar-refractivity contribution in [2.24, 2.45) is 0 Å². The Morgan fingerprint density at radius 3 is 1.03 bits per heavy atom. The highest BCUT2D eigenvalue weighted by atomic mass is 35.5. The van der Waals surface area contributed by atoms with Crippen LogP contribution in [0.5, 0.6) is 0 Å². The fourth-order valence-corrected chi connectivity index (χ4v) is 13.5. The molecule has 0 bridgehead atoms. The van der Waals surface area contributed by atoms with E-state index in [0.29, 0.717) is 148 Å². The number of carbonyl (C=O) groups excluding carboxylic acids is 8. The second-order valence-corrected chi connectivity index (χ2v) is 30.2. The van der Waals surface area contributed by atoms with E-state index in [9.17, 15) is 47.1 Å². The lowest BCUT2D eigenvalue weighted by Gasteiger charge is -2.12. The van der Waals surface area contributed by atoms with Gasteiger partial charge in [0, 0.05) is 104 Å². The highest BCUT2D eigenvalue weighted by Gasteiger charge is 2.32. The highest BCUT2D eigenvalue weighted by molar-refractivity contribution is 6.34. The van der Waals surface area contributed by atoms with E-state index in [1.54, 1.807) is 116 Å². The van der Waals surface area contributed by atoms with Crippen LogP contribution in [0.3, 0.4) is 0 Å². The normalized spacial score (nSPS) is 17.7. The van der Waals surface area contributed by atoms with Gasteiger partial charge in [0.2, 0.25) is 23.6 Å². The number of halogens is 5. The number of aryl methyl sites for hydroxylation is 1. The Morgan fingerprint density at radius 2 is 0.695 bits per heavy atom. The van der Waals surface area contributed by atoms with E-state index in [4.69, 9.17) is 39.8 Å². The van der Waals surface area contributed by atoms with Gasteiger partial charge in [-0.25, -0.2) is 28.7 Å². The zero-order chi connectivity index (χ0) is 81.6. The Bertz CT molecular complexity index is 6150. The van der Waals surface area contributed by atoms with Crippen molar-refractivity contribution < 1.29 is 47.1 Å². The number of carbonyl (C=O) groups is 8. The SMILES string of the molecule is Cc1ccc(Nc2cc(NC3CC3)n3ncc(/C=C4\CC(=O)NC4=O)c3n2)cc1Cl.O=C1C/C(=C\c2cnn3c(NC4CC4)cc(Nc4cccc(F)c4Cl)nc23)C(=O)N1.O=C1C/C(=C\c2cnn3c(NC4CC4)cc(Nc4ccccc4Cl)nc23)C(=O)N1.O=C1C/C(=C\c2cnn3c(NC4CC4)cc(Nc4ccccc4F)nc23)C(=O)N1. The first-order valence-electron chi connectivity index (χ1n) is 37.6. The summed E-state index contributed by atoms with van der Waals surface area (Å²) >= 11 is 18.6. The summed E-state index contributed by atoms with van der Waals surface area (Å²) in [6, 6.07) is 32.9. The molecule has 4 aliphatic carbocycles. The van der Waals surface area contributed by atoms with Crippen molar-refractivity contribution in [3.05, 3.63) is 211 Å². The lowest BCUT2D eigenvalue weighted by atomic mass is 10.1. The minimum Gasteiger partial charge on any atom is -0.367 e. The Morgan fingerprint density at radius 1 is 0.373 bits per heavy atom. The maximum Gasteiger partial charge on any atom is 0.254 e. The molecule has 596 valence electrons. The van der Waals surface area contributed by atoms with Crippen LogP contribution in [0.25, 0.3) is 46.9 Å². The predicted octanol–water partition coefficient (Wildman–Crippen LogP) is 12.5. The average Bonchev–Trinajstić information content (AvgIpc) is 1.63. The summed E-state index contributed by atoms with van der Waals surface area (Å²) < 4.78 is 34.6. The van der Waals surface area contributed by atoms with Crippen LogP contribution >= 0.6 is 34.8 Å². The summed E-state index contributed by atoms with van der Waals surface area (Å²) in [5, 5.41) is 54.3. The molecule has 37 heteroatoms. The summed E-state index contributed by atoms with van der Waals surface area (Å²) in [5.41, 5.74) is 9.39. The number of fused-ring (bicyclic) bond motifs is 4. The Balaban J connectivity index is 0.000000113. The van der Waals surface area contributed by atoms with E-state index in [1.165, 1.54) is 12.1 Å². The minimum atomic E-state index is -0.536. The summed E-state index contributed by atoms with van der Waals surface area (Å²) in [6.07, 6.45) is 21.9. The van der Waals surface area contributed by atoms with Crippen LogP contribution in [0.1, 0.15) is 105 Å². The van der Waals surface area contributed by atoms with Crippen LogP contribution in [0.4, 0.5) is 78.1 Å². The summed E-state index contributed by atoms with van der Waals surface area (Å²) in [5.74, 6) is 1.34. The summed E-state index contributed by atoms with van der Waals surface area (Å²) in [7, 11) is 0. The molecule has 4 saturated carbocycles. The molecule has 4 aromatic carbocycles. The van der Waals surface area contributed by atoms with Crippen molar-refractivity contribution in [3.8, 4) is 0 Å². The molecule has 8 amide bonds. The number of hydrogen-bond acceptors (Lipinski definition) is 24. The lowest BCUT2D eigenvalue weighted by molar-refractivity contribution is -0.125. The number of nitrogens with one attached hydrogen (secondary N) is 12. The highest BCUT2D eigenvalue weighted by Crippen LogP contribution is 2.37. The van der Waals surface area contributed by atoms with Crippen molar-refractivity contribution in [1.82, 2.24) is 79.7 Å². The van der Waals surface area contributed by atoms with E-state index < -0.39 is 17.6 Å². The largest absolute Gasteiger partial charge is 0.367 e. The third kappa shape index (κ3) is 17.6. The molecule has 20 rings (SSSR count). The second kappa shape index (κ2) is 32.4. The third-order valence-electron chi connectivity index (χ3n) is 19.5. The smallest absolute Gasteiger partial charge is 0.254 e. The van der Waals surface area contributed by atoms with Crippen molar-refractivity contribution in [2.45, 2.75) is 108 Å². The number of rotatable bonds is 20. The van der Waals surface area contributed by atoms with Crippen LogP contribution in [-0.4, -0.2) is 130 Å². The molecule has 0 radical (unpaired) electrons. The molecule has 8 fully saturated rings. The summed E-state index contributed by atoms with van der Waals surface area (Å²) in [4.78, 5) is 112. The molecule has 12 heterocycles. The molecule has 12 N–H and O–H groups in total. The van der Waals surface area contributed by atoms with Gasteiger partial charge in [-0.15, -0.1) is 0 Å². The van der Waals surface area contributed by atoms with Crippen molar-refractivity contribution >= 4 is 198 Å². The standard InChI is InChI=1S/C21H19ClN6O2.C20H16ClFN6O2.C20H17ClN6O2.C20H17FN6O2/c1-11-2-3-15(8-16(11)22)24-17-9-18(25-14-4-5-14)28-20(26-17)13(10-23-28)6-12-7-19(29)27-21(12)30;21-18-13(22)2-1-3-14(18)25-15-8-16(24-12-4-5-12)28-19(26-15)11(9-23-28)6-10-7-17(29)27-20(10)30;2*21-14-3-1-2-4-15(14)24-16-9-17(23-13-5-6-13)27-19(25-16)12(10-22-27)7-11-8-18(28)26-20(11)29/h2-3,6,8-10,14,25H,4-5,7H2,1H3,(H,24,26)(H,27,29,30);1-3,6,8-9,12,24H,4-5,7H2,(H,25,26)(H,27,29,30);2*1-4,7,9-10,13,23H,5-6,8H2,(H,24,25)(H,26,28,29)/b12-6+;10-6+;2*11-7+. The van der Waals surface area contributed by atoms with Crippen LogP contribution in [-0.2, 0) is 38.4 Å². The number of amides is 8. The Kier molecular flexibility index (Phi) is 21.0. The zero-order valence-electron chi connectivity index (χ0n) is 62.3. The van der Waals surface area contributed by atoms with Gasteiger partial charge in [0.15, 0.2) is 22.6 Å². The maximum absolute atomic E-state index is 14.1. The van der Waals surface area contributed by atoms with Gasteiger partial charge in [-0.2, -0.15) is 38.5 Å². The van der Waals surface area contributed by atoms with Crippen LogP contribution in [0.15, 0.2) is 156 Å². The summed E-state index contributed by atoms with van der Waals surface area (Å²) in [6.45, 7) is 1.95. The predicted molar refractivity (Wildman–Crippen MR) is 440 cm³/mol. The molecule has 32 nitrogen and oxygen atoms in total. The van der Waals surface area contributed by atoms with Gasteiger partial charge in [0.1, 0.15) is 58.2 Å². The minimum absolute atomic E-state index is 0.0141. The fourth-order valence-electron chi connectivity index (χ4n) is 12.9. The van der Waals surface area contributed by atoms with Gasteiger partial charge in [0.05, 0.1) is 77.6 Å². The maximum atomic E-state index is 14.1. The molecule has 0 unspecified atom stereocenters. The number of para-hydroxylation sites is 2.